The van der Waals surface area contributed by atoms with Crippen LogP contribution >= 0.6 is 0 Å². The summed E-state index contributed by atoms with van der Waals surface area (Å²) in [5.74, 6) is 0. The second kappa shape index (κ2) is 3.23. The Morgan fingerprint density at radius 1 is 1.29 bits per heavy atom. The topological polar surface area (TPSA) is 20.2 Å². The van der Waals surface area contributed by atoms with Gasteiger partial charge in [0.25, 0.3) is 0 Å². The molecule has 0 aromatic carbocycles. The van der Waals surface area contributed by atoms with E-state index in [0.29, 0.717) is 0 Å². The van der Waals surface area contributed by atoms with Gasteiger partial charge in [-0.2, -0.15) is 0 Å². The normalized spacial score (nSPS) is 30.8. The molecule has 14 heavy (non-hydrogen) atoms. The van der Waals surface area contributed by atoms with E-state index in [-0.39, 0.29) is 5.41 Å². The molecule has 80 valence electrons. The third kappa shape index (κ3) is 1.66. The SMILES string of the molecule is CC(C)=CC1=C(C)CC(C)(C)C1(C)O. The molecule has 1 N–H and O–H groups in total. The molecule has 0 spiro atoms. The van der Waals surface area contributed by atoms with Crippen LogP contribution in [0.4, 0.5) is 0 Å². The van der Waals surface area contributed by atoms with Crippen molar-refractivity contribution in [1.82, 2.24) is 0 Å². The highest BCUT2D eigenvalue weighted by Gasteiger charge is 2.47. The highest BCUT2D eigenvalue weighted by Crippen LogP contribution is 2.49. The first-order chi connectivity index (χ1) is 6.18. The van der Waals surface area contributed by atoms with Crippen molar-refractivity contribution in [1.29, 1.82) is 0 Å². The van der Waals surface area contributed by atoms with Crippen molar-refractivity contribution in [2.75, 3.05) is 0 Å². The summed E-state index contributed by atoms with van der Waals surface area (Å²) in [5.41, 5.74) is 2.95. The van der Waals surface area contributed by atoms with Gasteiger partial charge in [0.05, 0.1) is 5.60 Å². The molecular weight excluding hydrogens is 172 g/mol. The van der Waals surface area contributed by atoms with Crippen LogP contribution in [-0.2, 0) is 0 Å². The predicted molar refractivity (Wildman–Crippen MR) is 61.2 cm³/mol. The van der Waals surface area contributed by atoms with E-state index in [9.17, 15) is 5.11 Å². The van der Waals surface area contributed by atoms with Crippen molar-refractivity contribution in [2.24, 2.45) is 5.41 Å². The molecule has 0 radical (unpaired) electrons. The summed E-state index contributed by atoms with van der Waals surface area (Å²) in [7, 11) is 0. The Bertz CT molecular complexity index is 299. The molecule has 1 atom stereocenters. The summed E-state index contributed by atoms with van der Waals surface area (Å²) in [6.07, 6.45) is 3.10. The monoisotopic (exact) mass is 194 g/mol. The van der Waals surface area contributed by atoms with Gasteiger partial charge in [-0.1, -0.05) is 31.1 Å². The molecular formula is C13H22O. The van der Waals surface area contributed by atoms with Gasteiger partial charge in [-0.25, -0.2) is 0 Å². The summed E-state index contributed by atoms with van der Waals surface area (Å²) >= 11 is 0. The van der Waals surface area contributed by atoms with Gasteiger partial charge in [0.15, 0.2) is 0 Å². The van der Waals surface area contributed by atoms with E-state index < -0.39 is 5.60 Å². The average molecular weight is 194 g/mol. The van der Waals surface area contributed by atoms with Crippen molar-refractivity contribution < 1.29 is 5.11 Å². The van der Waals surface area contributed by atoms with Crippen LogP contribution in [0.2, 0.25) is 0 Å². The summed E-state index contributed by atoms with van der Waals surface area (Å²) in [5, 5.41) is 10.5. The van der Waals surface area contributed by atoms with Gasteiger partial charge in [0.2, 0.25) is 0 Å². The van der Waals surface area contributed by atoms with Gasteiger partial charge >= 0.3 is 0 Å². The number of rotatable bonds is 1. The Kier molecular flexibility index (Phi) is 2.66. The molecule has 1 nitrogen and oxygen atoms in total. The molecule has 0 amide bonds. The standard InChI is InChI=1S/C13H22O/c1-9(2)7-11-10(3)8-12(4,5)13(11,6)14/h7,14H,8H2,1-6H3. The molecule has 1 heteroatoms. The van der Waals surface area contributed by atoms with E-state index in [0.717, 1.165) is 12.0 Å². The van der Waals surface area contributed by atoms with Crippen LogP contribution in [0.3, 0.4) is 0 Å². The van der Waals surface area contributed by atoms with Gasteiger partial charge in [0.1, 0.15) is 0 Å². The zero-order valence-corrected chi connectivity index (χ0v) is 10.2. The largest absolute Gasteiger partial charge is 0.385 e. The summed E-state index contributed by atoms with van der Waals surface area (Å²) < 4.78 is 0. The van der Waals surface area contributed by atoms with Gasteiger partial charge in [-0.3, -0.25) is 0 Å². The second-order valence-electron chi connectivity index (χ2n) is 5.55. The van der Waals surface area contributed by atoms with Crippen molar-refractivity contribution in [2.45, 2.75) is 53.6 Å². The zero-order chi connectivity index (χ0) is 11.1. The maximum absolute atomic E-state index is 10.5. The highest BCUT2D eigenvalue weighted by molar-refractivity contribution is 5.41. The molecule has 0 bridgehead atoms. The average Bonchev–Trinajstić information content (AvgIpc) is 2.09. The molecule has 1 aliphatic carbocycles. The molecule has 0 aliphatic heterocycles. The van der Waals surface area contributed by atoms with Crippen LogP contribution in [-0.4, -0.2) is 10.7 Å². The lowest BCUT2D eigenvalue weighted by Gasteiger charge is -2.35. The number of allylic oxidation sites excluding steroid dienone is 2. The molecule has 0 fully saturated rings. The smallest absolute Gasteiger partial charge is 0.0921 e. The molecule has 0 saturated heterocycles. The predicted octanol–water partition coefficient (Wildman–Crippen LogP) is 3.45. The van der Waals surface area contributed by atoms with E-state index in [4.69, 9.17) is 0 Å². The number of hydrogen-bond acceptors (Lipinski definition) is 1. The fourth-order valence-corrected chi connectivity index (χ4v) is 2.26. The second-order valence-corrected chi connectivity index (χ2v) is 5.55. The van der Waals surface area contributed by atoms with Crippen LogP contribution < -0.4 is 0 Å². The third-order valence-electron chi connectivity index (χ3n) is 3.44. The lowest BCUT2D eigenvalue weighted by molar-refractivity contribution is -0.00114. The van der Waals surface area contributed by atoms with Crippen LogP contribution in [0, 0.1) is 5.41 Å². The third-order valence-corrected chi connectivity index (χ3v) is 3.44. The lowest BCUT2D eigenvalue weighted by Crippen LogP contribution is -2.39. The lowest BCUT2D eigenvalue weighted by atomic mass is 9.75. The van der Waals surface area contributed by atoms with Gasteiger partial charge in [-0.15, -0.1) is 0 Å². The minimum atomic E-state index is -0.686. The summed E-state index contributed by atoms with van der Waals surface area (Å²) in [6.45, 7) is 12.4. The fourth-order valence-electron chi connectivity index (χ4n) is 2.26. The first kappa shape index (κ1) is 11.5. The van der Waals surface area contributed by atoms with Crippen LogP contribution in [0.5, 0.6) is 0 Å². The minimum Gasteiger partial charge on any atom is -0.385 e. The highest BCUT2D eigenvalue weighted by atomic mass is 16.3. The molecule has 0 saturated carbocycles. The summed E-state index contributed by atoms with van der Waals surface area (Å²) in [4.78, 5) is 0. The van der Waals surface area contributed by atoms with Gasteiger partial charge < -0.3 is 5.11 Å². The van der Waals surface area contributed by atoms with Crippen LogP contribution in [0.1, 0.15) is 48.0 Å². The van der Waals surface area contributed by atoms with Crippen LogP contribution in [0.15, 0.2) is 22.8 Å². The van der Waals surface area contributed by atoms with E-state index in [2.05, 4.69) is 40.7 Å². The first-order valence-electron chi connectivity index (χ1n) is 5.26. The van der Waals surface area contributed by atoms with E-state index in [1.54, 1.807) is 0 Å². The van der Waals surface area contributed by atoms with E-state index in [1.165, 1.54) is 11.1 Å². The van der Waals surface area contributed by atoms with Gasteiger partial charge in [-0.05, 0) is 39.7 Å². The Hall–Kier alpha value is -0.560. The molecule has 0 aromatic heterocycles. The Morgan fingerprint density at radius 3 is 2.07 bits per heavy atom. The van der Waals surface area contributed by atoms with Crippen molar-refractivity contribution in [3.8, 4) is 0 Å². The van der Waals surface area contributed by atoms with Crippen LogP contribution in [0.25, 0.3) is 0 Å². The summed E-state index contributed by atoms with van der Waals surface area (Å²) in [6, 6.07) is 0. The molecule has 1 aliphatic rings. The van der Waals surface area contributed by atoms with Gasteiger partial charge in [0, 0.05) is 5.41 Å². The quantitative estimate of drug-likeness (QED) is 0.678. The van der Waals surface area contributed by atoms with Crippen molar-refractivity contribution in [3.63, 3.8) is 0 Å². The maximum atomic E-state index is 10.5. The minimum absolute atomic E-state index is 0.0433. The zero-order valence-electron chi connectivity index (χ0n) is 10.2. The maximum Gasteiger partial charge on any atom is 0.0921 e. The molecule has 0 heterocycles. The van der Waals surface area contributed by atoms with E-state index in [1.807, 2.05) is 6.92 Å². The van der Waals surface area contributed by atoms with Crippen molar-refractivity contribution in [3.05, 3.63) is 22.8 Å². The Labute approximate surface area is 87.5 Å². The number of aliphatic hydroxyl groups is 1. The molecule has 0 aromatic rings. The number of hydrogen-bond donors (Lipinski definition) is 1. The Balaban J connectivity index is 3.18. The Morgan fingerprint density at radius 2 is 1.79 bits per heavy atom. The first-order valence-corrected chi connectivity index (χ1v) is 5.26. The van der Waals surface area contributed by atoms with E-state index >= 15 is 0 Å². The molecule has 1 rings (SSSR count). The fraction of sp³-hybridized carbons (Fsp3) is 0.692. The molecule has 1 unspecified atom stereocenters. The van der Waals surface area contributed by atoms with Crippen molar-refractivity contribution >= 4 is 0 Å².